The van der Waals surface area contributed by atoms with E-state index >= 15 is 0 Å². The fourth-order valence-electron chi connectivity index (χ4n) is 0.753. The Balaban J connectivity index is 3.68. The lowest BCUT2D eigenvalue weighted by Gasteiger charge is -2.19. The second kappa shape index (κ2) is 4.97. The van der Waals surface area contributed by atoms with Gasteiger partial charge in [-0.1, -0.05) is 39.3 Å². The molecule has 0 heterocycles. The van der Waals surface area contributed by atoms with Gasteiger partial charge >= 0.3 is 6.03 Å². The first-order chi connectivity index (χ1) is 6.10. The summed E-state index contributed by atoms with van der Waals surface area (Å²) in [7, 11) is -2.31. The number of carbonyl (C=O) groups is 1. The SMILES string of the molecule is C[Si](C)(C)CNC(=O)NC[Si](C)(C)C. The predicted octanol–water partition coefficient (Wildman–Crippen LogP) is 2.04. The molecule has 0 radical (unpaired) electrons. The lowest BCUT2D eigenvalue weighted by molar-refractivity contribution is 0.243. The summed E-state index contributed by atoms with van der Waals surface area (Å²) in [5.41, 5.74) is 0. The highest BCUT2D eigenvalue weighted by atomic mass is 28.3. The molecular formula is C9H24N2OSi2. The average Bonchev–Trinajstić information content (AvgIpc) is 1.94. The quantitative estimate of drug-likeness (QED) is 0.716. The Kier molecular flexibility index (Phi) is 4.87. The van der Waals surface area contributed by atoms with Gasteiger partial charge in [-0.05, 0) is 0 Å². The zero-order chi connectivity index (χ0) is 11.4. The van der Waals surface area contributed by atoms with Gasteiger partial charge in [-0.2, -0.15) is 0 Å². The van der Waals surface area contributed by atoms with Crippen molar-refractivity contribution in [2.24, 2.45) is 0 Å². The number of hydrogen-bond donors (Lipinski definition) is 2. The summed E-state index contributed by atoms with van der Waals surface area (Å²) in [4.78, 5) is 11.4. The fraction of sp³-hybridized carbons (Fsp3) is 0.889. The third-order valence-electron chi connectivity index (χ3n) is 1.56. The number of carbonyl (C=O) groups excluding carboxylic acids is 1. The van der Waals surface area contributed by atoms with Crippen molar-refractivity contribution in [3.63, 3.8) is 0 Å². The molecule has 0 spiro atoms. The summed E-state index contributed by atoms with van der Waals surface area (Å²) in [5.74, 6) is 0. The molecule has 2 amide bonds. The van der Waals surface area contributed by atoms with Crippen LogP contribution in [0.1, 0.15) is 0 Å². The molecule has 0 saturated carbocycles. The third-order valence-corrected chi connectivity index (χ3v) is 4.03. The van der Waals surface area contributed by atoms with Crippen molar-refractivity contribution in [2.45, 2.75) is 39.3 Å². The molecule has 3 nitrogen and oxygen atoms in total. The monoisotopic (exact) mass is 232 g/mol. The standard InChI is InChI=1S/C9H24N2OSi2/c1-13(2,3)7-10-9(12)11-8-14(4,5)6/h7-8H2,1-6H3,(H2,10,11,12). The van der Waals surface area contributed by atoms with Gasteiger partial charge in [-0.25, -0.2) is 4.79 Å². The summed E-state index contributed by atoms with van der Waals surface area (Å²) in [6.45, 7) is 13.5. The number of urea groups is 1. The van der Waals surface area contributed by atoms with Crippen LogP contribution in [0.4, 0.5) is 4.79 Å². The summed E-state index contributed by atoms with van der Waals surface area (Å²) in [5, 5.41) is 5.86. The molecule has 14 heavy (non-hydrogen) atoms. The number of hydrogen-bond acceptors (Lipinski definition) is 1. The van der Waals surface area contributed by atoms with E-state index in [-0.39, 0.29) is 6.03 Å². The topological polar surface area (TPSA) is 41.1 Å². The van der Waals surface area contributed by atoms with E-state index in [4.69, 9.17) is 0 Å². The van der Waals surface area contributed by atoms with Crippen LogP contribution in [0.3, 0.4) is 0 Å². The Hall–Kier alpha value is -0.296. The van der Waals surface area contributed by atoms with E-state index in [1.54, 1.807) is 0 Å². The van der Waals surface area contributed by atoms with E-state index in [1.807, 2.05) is 0 Å². The van der Waals surface area contributed by atoms with Gasteiger partial charge in [0.05, 0.1) is 16.1 Å². The number of nitrogens with one attached hydrogen (secondary N) is 2. The smallest absolute Gasteiger partial charge is 0.314 e. The first kappa shape index (κ1) is 13.7. The summed E-state index contributed by atoms with van der Waals surface area (Å²) in [6, 6.07) is -0.00477. The van der Waals surface area contributed by atoms with Crippen LogP contribution in [0.15, 0.2) is 0 Å². The predicted molar refractivity (Wildman–Crippen MR) is 68.1 cm³/mol. The first-order valence-corrected chi connectivity index (χ1v) is 12.5. The van der Waals surface area contributed by atoms with Crippen LogP contribution >= 0.6 is 0 Å². The normalized spacial score (nSPS) is 12.4. The van der Waals surface area contributed by atoms with Crippen LogP contribution in [0.5, 0.6) is 0 Å². The maximum atomic E-state index is 11.4. The highest BCUT2D eigenvalue weighted by molar-refractivity contribution is 6.77. The van der Waals surface area contributed by atoms with Crippen LogP contribution in [-0.4, -0.2) is 34.5 Å². The molecule has 0 unspecified atom stereocenters. The van der Waals surface area contributed by atoms with E-state index in [0.29, 0.717) is 0 Å². The molecule has 0 fully saturated rings. The Labute approximate surface area is 89.7 Å². The highest BCUT2D eigenvalue weighted by Crippen LogP contribution is 1.98. The summed E-state index contributed by atoms with van der Waals surface area (Å²) in [6.07, 6.45) is 1.70. The number of amides is 2. The minimum Gasteiger partial charge on any atom is -0.341 e. The zero-order valence-electron chi connectivity index (χ0n) is 10.3. The summed E-state index contributed by atoms with van der Waals surface area (Å²) < 4.78 is 0. The Morgan fingerprint density at radius 2 is 1.14 bits per heavy atom. The van der Waals surface area contributed by atoms with Crippen molar-refractivity contribution < 1.29 is 4.79 Å². The van der Waals surface area contributed by atoms with Crippen molar-refractivity contribution in [2.75, 3.05) is 12.3 Å². The Morgan fingerprint density at radius 1 is 0.857 bits per heavy atom. The molecule has 84 valence electrons. The second-order valence-corrected chi connectivity index (χ2v) is 17.1. The van der Waals surface area contributed by atoms with E-state index in [9.17, 15) is 4.79 Å². The van der Waals surface area contributed by atoms with Crippen molar-refractivity contribution in [3.8, 4) is 0 Å². The molecule has 5 heteroatoms. The van der Waals surface area contributed by atoms with Crippen molar-refractivity contribution >= 4 is 22.2 Å². The molecule has 0 aliphatic heterocycles. The molecule has 0 aromatic heterocycles. The largest absolute Gasteiger partial charge is 0.341 e. The van der Waals surface area contributed by atoms with Gasteiger partial charge in [-0.15, -0.1) is 0 Å². The van der Waals surface area contributed by atoms with Crippen LogP contribution in [0, 0.1) is 0 Å². The third kappa shape index (κ3) is 9.79. The lowest BCUT2D eigenvalue weighted by atomic mass is 10.9. The maximum Gasteiger partial charge on any atom is 0.314 e. The van der Waals surface area contributed by atoms with Gasteiger partial charge in [0.2, 0.25) is 0 Å². The van der Waals surface area contributed by atoms with Gasteiger partial charge in [0.15, 0.2) is 0 Å². The minimum atomic E-state index is -1.16. The first-order valence-electron chi connectivity index (χ1n) is 5.12. The molecular weight excluding hydrogens is 208 g/mol. The lowest BCUT2D eigenvalue weighted by Crippen LogP contribution is -2.48. The zero-order valence-corrected chi connectivity index (χ0v) is 12.3. The summed E-state index contributed by atoms with van der Waals surface area (Å²) >= 11 is 0. The fourth-order valence-corrected chi connectivity index (χ4v) is 2.14. The van der Waals surface area contributed by atoms with Gasteiger partial charge < -0.3 is 10.6 Å². The van der Waals surface area contributed by atoms with Gasteiger partial charge in [-0.3, -0.25) is 0 Å². The van der Waals surface area contributed by atoms with Crippen LogP contribution in [0.25, 0.3) is 0 Å². The van der Waals surface area contributed by atoms with Crippen LogP contribution in [0.2, 0.25) is 39.3 Å². The molecule has 0 bridgehead atoms. The van der Waals surface area contributed by atoms with Crippen molar-refractivity contribution in [1.82, 2.24) is 10.6 Å². The van der Waals surface area contributed by atoms with E-state index in [0.717, 1.165) is 12.3 Å². The second-order valence-electron chi connectivity index (χ2n) is 6.16. The van der Waals surface area contributed by atoms with Gasteiger partial charge in [0, 0.05) is 12.3 Å². The molecule has 0 aliphatic rings. The molecule has 0 aliphatic carbocycles. The molecule has 2 N–H and O–H groups in total. The maximum absolute atomic E-state index is 11.4. The highest BCUT2D eigenvalue weighted by Gasteiger charge is 2.16. The van der Waals surface area contributed by atoms with Gasteiger partial charge in [0.1, 0.15) is 0 Å². The molecule has 0 aromatic rings. The Bertz CT molecular complexity index is 174. The molecule has 0 aromatic carbocycles. The number of rotatable bonds is 4. The van der Waals surface area contributed by atoms with E-state index < -0.39 is 16.1 Å². The van der Waals surface area contributed by atoms with E-state index in [1.165, 1.54) is 0 Å². The minimum absolute atomic E-state index is 0.00477. The molecule has 0 atom stereocenters. The van der Waals surface area contributed by atoms with Gasteiger partial charge in [0.25, 0.3) is 0 Å². The molecule has 0 saturated heterocycles. The van der Waals surface area contributed by atoms with Crippen molar-refractivity contribution in [3.05, 3.63) is 0 Å². The molecule has 0 rings (SSSR count). The Morgan fingerprint density at radius 3 is 1.36 bits per heavy atom. The van der Waals surface area contributed by atoms with E-state index in [2.05, 4.69) is 49.9 Å². The van der Waals surface area contributed by atoms with Crippen LogP contribution < -0.4 is 10.6 Å². The van der Waals surface area contributed by atoms with Crippen molar-refractivity contribution in [1.29, 1.82) is 0 Å². The average molecular weight is 232 g/mol. The van der Waals surface area contributed by atoms with Crippen LogP contribution in [-0.2, 0) is 0 Å².